The Kier molecular flexibility index (Phi) is 8.85. The number of hydrogen-bond acceptors (Lipinski definition) is 7. The fourth-order valence-corrected chi connectivity index (χ4v) is 5.67. The minimum Gasteiger partial charge on any atom is -0.493 e. The standard InChI is InChI=1S/C31H39N3O5S/c1-20-7-8-22(16-27(20)39-25-11-14-33-24(19-25)15-21-9-12-32-13-10-21)30(35)34-26-17-23(31(2,3)4)18-28(29(26)38-5)40(6,36)37/h7-8,11,14,16-19,21,32H,9-10,12-13,15H2,1-6H3,(H,34,35). The number of pyridine rings is 1. The van der Waals surface area contributed by atoms with Crippen LogP contribution in [0.3, 0.4) is 0 Å². The second-order valence-electron chi connectivity index (χ2n) is 11.5. The van der Waals surface area contributed by atoms with Crippen molar-refractivity contribution in [3.8, 4) is 17.2 Å². The highest BCUT2D eigenvalue weighted by Crippen LogP contribution is 2.38. The lowest BCUT2D eigenvalue weighted by atomic mass is 9.86. The fourth-order valence-electron chi connectivity index (χ4n) is 4.80. The van der Waals surface area contributed by atoms with Crippen LogP contribution in [0, 0.1) is 12.8 Å². The van der Waals surface area contributed by atoms with Gasteiger partial charge in [0, 0.05) is 29.8 Å². The summed E-state index contributed by atoms with van der Waals surface area (Å²) < 4.78 is 36.8. The number of amides is 1. The van der Waals surface area contributed by atoms with E-state index in [1.54, 1.807) is 30.5 Å². The Balaban J connectivity index is 1.59. The van der Waals surface area contributed by atoms with Gasteiger partial charge < -0.3 is 20.1 Å². The third kappa shape index (κ3) is 7.20. The first kappa shape index (κ1) is 29.6. The molecule has 1 saturated heterocycles. The molecule has 1 aliphatic rings. The van der Waals surface area contributed by atoms with Crippen LogP contribution in [0.4, 0.5) is 5.69 Å². The van der Waals surface area contributed by atoms with E-state index < -0.39 is 15.7 Å². The molecule has 214 valence electrons. The topological polar surface area (TPSA) is 107 Å². The number of aromatic nitrogens is 1. The van der Waals surface area contributed by atoms with Gasteiger partial charge in [0.1, 0.15) is 16.4 Å². The van der Waals surface area contributed by atoms with Crippen LogP contribution in [-0.4, -0.2) is 45.8 Å². The summed E-state index contributed by atoms with van der Waals surface area (Å²) in [5, 5.41) is 6.26. The summed E-state index contributed by atoms with van der Waals surface area (Å²) in [5.74, 6) is 1.52. The van der Waals surface area contributed by atoms with Gasteiger partial charge in [0.05, 0.1) is 12.8 Å². The maximum absolute atomic E-state index is 13.4. The first-order chi connectivity index (χ1) is 18.8. The number of nitrogens with one attached hydrogen (secondary N) is 2. The van der Waals surface area contributed by atoms with Crippen LogP contribution >= 0.6 is 0 Å². The smallest absolute Gasteiger partial charge is 0.255 e. The number of aryl methyl sites for hydroxylation is 1. The molecular formula is C31H39N3O5S. The summed E-state index contributed by atoms with van der Waals surface area (Å²) in [6, 6.07) is 12.4. The van der Waals surface area contributed by atoms with Crippen LogP contribution in [0.25, 0.3) is 0 Å². The van der Waals surface area contributed by atoms with Crippen molar-refractivity contribution < 1.29 is 22.7 Å². The van der Waals surface area contributed by atoms with E-state index in [0.717, 1.165) is 55.4 Å². The van der Waals surface area contributed by atoms with Crippen molar-refractivity contribution in [3.05, 3.63) is 71.0 Å². The number of nitrogens with zero attached hydrogens (tertiary/aromatic N) is 1. The molecule has 0 spiro atoms. The molecule has 40 heavy (non-hydrogen) atoms. The second kappa shape index (κ2) is 12.0. The van der Waals surface area contributed by atoms with E-state index in [-0.39, 0.29) is 16.1 Å². The van der Waals surface area contributed by atoms with Crippen molar-refractivity contribution in [3.63, 3.8) is 0 Å². The van der Waals surface area contributed by atoms with Crippen LogP contribution in [-0.2, 0) is 21.7 Å². The summed E-state index contributed by atoms with van der Waals surface area (Å²) >= 11 is 0. The van der Waals surface area contributed by atoms with Gasteiger partial charge in [0.2, 0.25) is 0 Å². The number of ether oxygens (including phenoxy) is 2. The lowest BCUT2D eigenvalue weighted by Gasteiger charge is -2.23. The number of carbonyl (C=O) groups is 1. The van der Waals surface area contributed by atoms with E-state index in [9.17, 15) is 13.2 Å². The number of hydrogen-bond donors (Lipinski definition) is 2. The van der Waals surface area contributed by atoms with Gasteiger partial charge in [-0.1, -0.05) is 26.8 Å². The molecule has 0 atom stereocenters. The summed E-state index contributed by atoms with van der Waals surface area (Å²) in [4.78, 5) is 18.0. The number of carbonyl (C=O) groups excluding carboxylic acids is 1. The van der Waals surface area contributed by atoms with Crippen molar-refractivity contribution in [1.29, 1.82) is 0 Å². The third-order valence-electron chi connectivity index (χ3n) is 7.20. The first-order valence-corrected chi connectivity index (χ1v) is 15.4. The second-order valence-corrected chi connectivity index (χ2v) is 13.5. The molecule has 1 amide bonds. The van der Waals surface area contributed by atoms with Gasteiger partial charge in [-0.05, 0) is 92.1 Å². The van der Waals surface area contributed by atoms with Crippen molar-refractivity contribution in [2.75, 3.05) is 31.8 Å². The summed E-state index contributed by atoms with van der Waals surface area (Å²) in [6.45, 7) is 9.93. The number of piperidine rings is 1. The Morgan fingerprint density at radius 2 is 1.82 bits per heavy atom. The molecule has 2 N–H and O–H groups in total. The minimum absolute atomic E-state index is 0.0311. The fraction of sp³-hybridized carbons (Fsp3) is 0.419. The highest BCUT2D eigenvalue weighted by atomic mass is 32.2. The van der Waals surface area contributed by atoms with E-state index >= 15 is 0 Å². The number of anilines is 1. The summed E-state index contributed by atoms with van der Waals surface area (Å²) in [7, 11) is -2.22. The normalized spacial score (nSPS) is 14.6. The Labute approximate surface area is 237 Å². The van der Waals surface area contributed by atoms with Gasteiger partial charge in [0.25, 0.3) is 5.91 Å². The number of rotatable bonds is 8. The zero-order valence-electron chi connectivity index (χ0n) is 24.1. The van der Waals surface area contributed by atoms with Gasteiger partial charge in [-0.15, -0.1) is 0 Å². The predicted octanol–water partition coefficient (Wildman–Crippen LogP) is 5.69. The lowest BCUT2D eigenvalue weighted by Crippen LogP contribution is -2.28. The van der Waals surface area contributed by atoms with E-state index in [1.807, 2.05) is 45.9 Å². The molecule has 8 nitrogen and oxygen atoms in total. The third-order valence-corrected chi connectivity index (χ3v) is 8.30. The van der Waals surface area contributed by atoms with Crippen LogP contribution in [0.1, 0.15) is 60.8 Å². The van der Waals surface area contributed by atoms with Crippen LogP contribution in [0.5, 0.6) is 17.2 Å². The average molecular weight is 566 g/mol. The maximum Gasteiger partial charge on any atom is 0.255 e. The Morgan fingerprint density at radius 3 is 2.48 bits per heavy atom. The molecule has 0 bridgehead atoms. The monoisotopic (exact) mass is 565 g/mol. The van der Waals surface area contributed by atoms with Gasteiger partial charge >= 0.3 is 0 Å². The average Bonchev–Trinajstić information content (AvgIpc) is 2.89. The summed E-state index contributed by atoms with van der Waals surface area (Å²) in [6.07, 6.45) is 6.07. The Bertz CT molecular complexity index is 1490. The zero-order valence-corrected chi connectivity index (χ0v) is 24.9. The Hall–Kier alpha value is -3.43. The zero-order chi connectivity index (χ0) is 29.1. The minimum atomic E-state index is -3.62. The van der Waals surface area contributed by atoms with E-state index in [2.05, 4.69) is 15.6 Å². The van der Waals surface area contributed by atoms with Gasteiger partial charge in [0.15, 0.2) is 15.6 Å². The van der Waals surface area contributed by atoms with Crippen LogP contribution in [0.15, 0.2) is 53.6 Å². The van der Waals surface area contributed by atoms with E-state index in [4.69, 9.17) is 9.47 Å². The van der Waals surface area contributed by atoms with Crippen molar-refractivity contribution in [1.82, 2.24) is 10.3 Å². The van der Waals surface area contributed by atoms with Crippen LogP contribution in [0.2, 0.25) is 0 Å². The summed E-state index contributed by atoms with van der Waals surface area (Å²) in [5.41, 5.74) is 2.93. The molecule has 0 radical (unpaired) electrons. The molecule has 4 rings (SSSR count). The molecule has 2 aromatic carbocycles. The highest BCUT2D eigenvalue weighted by Gasteiger charge is 2.25. The molecule has 1 aromatic heterocycles. The van der Waals surface area contributed by atoms with Crippen molar-refractivity contribution in [2.24, 2.45) is 5.92 Å². The van der Waals surface area contributed by atoms with Gasteiger partial charge in [-0.25, -0.2) is 8.42 Å². The lowest BCUT2D eigenvalue weighted by molar-refractivity contribution is 0.102. The van der Waals surface area contributed by atoms with Gasteiger partial charge in [-0.2, -0.15) is 0 Å². The molecule has 9 heteroatoms. The number of methoxy groups -OCH3 is 1. The molecule has 3 aromatic rings. The molecule has 0 unspecified atom stereocenters. The molecule has 1 aliphatic heterocycles. The first-order valence-electron chi connectivity index (χ1n) is 13.5. The largest absolute Gasteiger partial charge is 0.493 e. The quantitative estimate of drug-likeness (QED) is 0.362. The SMILES string of the molecule is COc1c(NC(=O)c2ccc(C)c(Oc3ccnc(CC4CCNCC4)c3)c2)cc(C(C)(C)C)cc1S(C)(=O)=O. The molecule has 2 heterocycles. The molecule has 0 saturated carbocycles. The van der Waals surface area contributed by atoms with Crippen molar-refractivity contribution >= 4 is 21.4 Å². The molecule has 1 fully saturated rings. The Morgan fingerprint density at radius 1 is 1.10 bits per heavy atom. The highest BCUT2D eigenvalue weighted by molar-refractivity contribution is 7.90. The van der Waals surface area contributed by atoms with Crippen LogP contribution < -0.4 is 20.1 Å². The molecule has 0 aliphatic carbocycles. The number of benzene rings is 2. The van der Waals surface area contributed by atoms with E-state index in [0.29, 0.717) is 28.7 Å². The maximum atomic E-state index is 13.4. The molecular weight excluding hydrogens is 526 g/mol. The van der Waals surface area contributed by atoms with E-state index in [1.165, 1.54) is 7.11 Å². The van der Waals surface area contributed by atoms with Gasteiger partial charge in [-0.3, -0.25) is 9.78 Å². The van der Waals surface area contributed by atoms with Crippen molar-refractivity contribution in [2.45, 2.75) is 57.3 Å². The number of sulfone groups is 1. The predicted molar refractivity (Wildman–Crippen MR) is 158 cm³/mol.